The number of likely N-dealkylation sites (tertiary alicyclic amines) is 1. The highest BCUT2D eigenvalue weighted by molar-refractivity contribution is 5.81. The SMILES string of the molecule is CNC(=O)C1CCN(C(C)C(=O)NCC(C)c2ccccc2)CC1. The first-order chi connectivity index (χ1) is 11.5. The molecule has 132 valence electrons. The number of rotatable bonds is 6. The molecule has 0 aromatic heterocycles. The molecule has 2 unspecified atom stereocenters. The van der Waals surface area contributed by atoms with Gasteiger partial charge in [-0.2, -0.15) is 0 Å². The van der Waals surface area contributed by atoms with Gasteiger partial charge in [-0.1, -0.05) is 37.3 Å². The molecule has 2 amide bonds. The lowest BCUT2D eigenvalue weighted by Gasteiger charge is -2.34. The fraction of sp³-hybridized carbons (Fsp3) is 0.579. The first-order valence-corrected chi connectivity index (χ1v) is 8.81. The summed E-state index contributed by atoms with van der Waals surface area (Å²) >= 11 is 0. The van der Waals surface area contributed by atoms with Crippen molar-refractivity contribution in [1.82, 2.24) is 15.5 Å². The molecule has 0 saturated carbocycles. The number of carbonyl (C=O) groups excluding carboxylic acids is 2. The van der Waals surface area contributed by atoms with E-state index in [0.717, 1.165) is 25.9 Å². The van der Waals surface area contributed by atoms with Gasteiger partial charge >= 0.3 is 0 Å². The molecule has 2 atom stereocenters. The molecular weight excluding hydrogens is 302 g/mol. The zero-order chi connectivity index (χ0) is 17.5. The van der Waals surface area contributed by atoms with Crippen LogP contribution in [0.5, 0.6) is 0 Å². The fourth-order valence-electron chi connectivity index (χ4n) is 3.22. The van der Waals surface area contributed by atoms with Crippen molar-refractivity contribution in [3.05, 3.63) is 35.9 Å². The lowest BCUT2D eigenvalue weighted by molar-refractivity contribution is -0.128. The lowest BCUT2D eigenvalue weighted by Crippen LogP contribution is -2.50. The second-order valence-corrected chi connectivity index (χ2v) is 6.66. The first-order valence-electron chi connectivity index (χ1n) is 8.81. The minimum Gasteiger partial charge on any atom is -0.359 e. The van der Waals surface area contributed by atoms with Crippen molar-refractivity contribution in [3.63, 3.8) is 0 Å². The number of nitrogens with one attached hydrogen (secondary N) is 2. The molecule has 5 nitrogen and oxygen atoms in total. The largest absolute Gasteiger partial charge is 0.359 e. The van der Waals surface area contributed by atoms with E-state index < -0.39 is 0 Å². The summed E-state index contributed by atoms with van der Waals surface area (Å²) in [5.41, 5.74) is 1.23. The Morgan fingerprint density at radius 3 is 2.38 bits per heavy atom. The third-order valence-corrected chi connectivity index (χ3v) is 5.02. The van der Waals surface area contributed by atoms with Crippen LogP contribution in [0.3, 0.4) is 0 Å². The summed E-state index contributed by atoms with van der Waals surface area (Å²) < 4.78 is 0. The van der Waals surface area contributed by atoms with Gasteiger partial charge in [-0.05, 0) is 44.3 Å². The van der Waals surface area contributed by atoms with Crippen LogP contribution >= 0.6 is 0 Å². The lowest BCUT2D eigenvalue weighted by atomic mass is 9.95. The topological polar surface area (TPSA) is 61.4 Å². The Morgan fingerprint density at radius 2 is 1.79 bits per heavy atom. The maximum atomic E-state index is 12.4. The van der Waals surface area contributed by atoms with Crippen molar-refractivity contribution in [2.75, 3.05) is 26.7 Å². The number of piperidine rings is 1. The molecule has 0 spiro atoms. The number of benzene rings is 1. The van der Waals surface area contributed by atoms with Crippen molar-refractivity contribution in [1.29, 1.82) is 0 Å². The number of nitrogens with zero attached hydrogens (tertiary/aromatic N) is 1. The standard InChI is InChI=1S/C19H29N3O2/c1-14(16-7-5-4-6-8-16)13-21-18(23)15(2)22-11-9-17(10-12-22)19(24)20-3/h4-8,14-15,17H,9-13H2,1-3H3,(H,20,24)(H,21,23). The zero-order valence-corrected chi connectivity index (χ0v) is 14.9. The van der Waals surface area contributed by atoms with Crippen LogP contribution in [0.15, 0.2) is 30.3 Å². The van der Waals surface area contributed by atoms with E-state index in [1.807, 2.05) is 25.1 Å². The normalized spacial score (nSPS) is 18.6. The second kappa shape index (κ2) is 8.83. The third-order valence-electron chi connectivity index (χ3n) is 5.02. The summed E-state index contributed by atoms with van der Waals surface area (Å²) in [4.78, 5) is 26.3. The van der Waals surface area contributed by atoms with Crippen LogP contribution in [-0.4, -0.2) is 49.4 Å². The number of hydrogen-bond acceptors (Lipinski definition) is 3. The molecule has 1 fully saturated rings. The van der Waals surface area contributed by atoms with Crippen LogP contribution in [0.4, 0.5) is 0 Å². The van der Waals surface area contributed by atoms with E-state index in [9.17, 15) is 9.59 Å². The molecule has 0 radical (unpaired) electrons. The van der Waals surface area contributed by atoms with Gasteiger partial charge < -0.3 is 10.6 Å². The van der Waals surface area contributed by atoms with E-state index in [4.69, 9.17) is 0 Å². The minimum absolute atomic E-state index is 0.0659. The van der Waals surface area contributed by atoms with Gasteiger partial charge in [0.2, 0.25) is 11.8 Å². The molecule has 1 saturated heterocycles. The van der Waals surface area contributed by atoms with Crippen molar-refractivity contribution >= 4 is 11.8 Å². The molecule has 1 aromatic carbocycles. The number of amides is 2. The van der Waals surface area contributed by atoms with E-state index in [-0.39, 0.29) is 23.8 Å². The highest BCUT2D eigenvalue weighted by atomic mass is 16.2. The first kappa shape index (κ1) is 18.5. The zero-order valence-electron chi connectivity index (χ0n) is 14.9. The molecule has 1 aromatic rings. The molecule has 5 heteroatoms. The summed E-state index contributed by atoms with van der Waals surface area (Å²) in [7, 11) is 1.68. The molecule has 1 aliphatic heterocycles. The predicted octanol–water partition coefficient (Wildman–Crippen LogP) is 1.75. The van der Waals surface area contributed by atoms with Gasteiger partial charge in [0.1, 0.15) is 0 Å². The van der Waals surface area contributed by atoms with Crippen LogP contribution in [0, 0.1) is 5.92 Å². The van der Waals surface area contributed by atoms with Gasteiger partial charge in [0.25, 0.3) is 0 Å². The van der Waals surface area contributed by atoms with Gasteiger partial charge in [0.15, 0.2) is 0 Å². The monoisotopic (exact) mass is 331 g/mol. The van der Waals surface area contributed by atoms with Gasteiger partial charge in [-0.3, -0.25) is 14.5 Å². The molecule has 2 rings (SSSR count). The molecule has 0 aliphatic carbocycles. The summed E-state index contributed by atoms with van der Waals surface area (Å²) in [6, 6.07) is 10.1. The Labute approximate surface area is 144 Å². The van der Waals surface area contributed by atoms with Crippen LogP contribution in [-0.2, 0) is 9.59 Å². The maximum Gasteiger partial charge on any atom is 0.237 e. The average Bonchev–Trinajstić information content (AvgIpc) is 2.65. The molecule has 0 bridgehead atoms. The number of carbonyl (C=O) groups is 2. The minimum atomic E-state index is -0.154. The number of hydrogen-bond donors (Lipinski definition) is 2. The Bertz CT molecular complexity index is 539. The highest BCUT2D eigenvalue weighted by Crippen LogP contribution is 2.19. The Kier molecular flexibility index (Phi) is 6.79. The molecule has 24 heavy (non-hydrogen) atoms. The quantitative estimate of drug-likeness (QED) is 0.835. The summed E-state index contributed by atoms with van der Waals surface area (Å²) in [6.07, 6.45) is 1.63. The molecule has 1 heterocycles. The van der Waals surface area contributed by atoms with Crippen molar-refractivity contribution in [2.45, 2.75) is 38.6 Å². The van der Waals surface area contributed by atoms with E-state index in [1.165, 1.54) is 5.56 Å². The van der Waals surface area contributed by atoms with Gasteiger partial charge in [0.05, 0.1) is 6.04 Å². The second-order valence-electron chi connectivity index (χ2n) is 6.66. The highest BCUT2D eigenvalue weighted by Gasteiger charge is 2.29. The van der Waals surface area contributed by atoms with Crippen molar-refractivity contribution in [3.8, 4) is 0 Å². The molecular formula is C19H29N3O2. The van der Waals surface area contributed by atoms with E-state index in [2.05, 4.69) is 34.6 Å². The van der Waals surface area contributed by atoms with E-state index >= 15 is 0 Å². The summed E-state index contributed by atoms with van der Waals surface area (Å²) in [6.45, 7) is 6.29. The maximum absolute atomic E-state index is 12.4. The van der Waals surface area contributed by atoms with Crippen molar-refractivity contribution < 1.29 is 9.59 Å². The Morgan fingerprint density at radius 1 is 1.17 bits per heavy atom. The Balaban J connectivity index is 1.77. The van der Waals surface area contributed by atoms with Gasteiger partial charge in [0, 0.05) is 19.5 Å². The summed E-state index contributed by atoms with van der Waals surface area (Å²) in [5, 5.41) is 5.78. The average molecular weight is 331 g/mol. The molecule has 2 N–H and O–H groups in total. The van der Waals surface area contributed by atoms with E-state index in [1.54, 1.807) is 7.05 Å². The van der Waals surface area contributed by atoms with Gasteiger partial charge in [-0.25, -0.2) is 0 Å². The molecule has 1 aliphatic rings. The third kappa shape index (κ3) is 4.81. The fourth-order valence-corrected chi connectivity index (χ4v) is 3.22. The summed E-state index contributed by atoms with van der Waals surface area (Å²) in [5.74, 6) is 0.556. The van der Waals surface area contributed by atoms with Crippen molar-refractivity contribution in [2.24, 2.45) is 5.92 Å². The van der Waals surface area contributed by atoms with Crippen LogP contribution in [0.25, 0.3) is 0 Å². The van der Waals surface area contributed by atoms with Crippen LogP contribution in [0.2, 0.25) is 0 Å². The van der Waals surface area contributed by atoms with Crippen LogP contribution in [0.1, 0.15) is 38.2 Å². The Hall–Kier alpha value is -1.88. The smallest absolute Gasteiger partial charge is 0.237 e. The van der Waals surface area contributed by atoms with E-state index in [0.29, 0.717) is 12.5 Å². The predicted molar refractivity (Wildman–Crippen MR) is 95.7 cm³/mol. The van der Waals surface area contributed by atoms with Crippen LogP contribution < -0.4 is 10.6 Å². The van der Waals surface area contributed by atoms with Gasteiger partial charge in [-0.15, -0.1) is 0 Å².